The molecule has 1 aliphatic heterocycles. The largest absolute Gasteiger partial charge is 0.507 e. The number of amides is 1. The summed E-state index contributed by atoms with van der Waals surface area (Å²) in [6.45, 7) is 6.30. The van der Waals surface area contributed by atoms with Crippen molar-refractivity contribution in [1.29, 1.82) is 0 Å². The van der Waals surface area contributed by atoms with Crippen LogP contribution in [0.15, 0.2) is 54.1 Å². The Bertz CT molecular complexity index is 1080. The number of ketones is 1. The third kappa shape index (κ3) is 4.88. The van der Waals surface area contributed by atoms with E-state index in [0.29, 0.717) is 23.4 Å². The van der Waals surface area contributed by atoms with Gasteiger partial charge in [-0.25, -0.2) is 0 Å². The van der Waals surface area contributed by atoms with Gasteiger partial charge in [0.25, 0.3) is 17.4 Å². The molecule has 1 aliphatic rings. The summed E-state index contributed by atoms with van der Waals surface area (Å²) in [5, 5.41) is 22.4. The molecule has 1 fully saturated rings. The van der Waals surface area contributed by atoms with Gasteiger partial charge >= 0.3 is 0 Å². The van der Waals surface area contributed by atoms with Crippen LogP contribution in [0.2, 0.25) is 0 Å². The maximum absolute atomic E-state index is 13.1. The van der Waals surface area contributed by atoms with Crippen LogP contribution in [-0.4, -0.2) is 64.8 Å². The molecule has 2 aromatic rings. The zero-order valence-electron chi connectivity index (χ0n) is 18.9. The second-order valence-corrected chi connectivity index (χ2v) is 7.60. The lowest BCUT2D eigenvalue weighted by atomic mass is 9.95. The minimum atomic E-state index is -0.942. The smallest absolute Gasteiger partial charge is 0.295 e. The lowest BCUT2D eigenvalue weighted by Gasteiger charge is -2.28. The fourth-order valence-corrected chi connectivity index (χ4v) is 3.96. The van der Waals surface area contributed by atoms with Crippen LogP contribution in [-0.2, 0) is 9.59 Å². The number of nitrogens with zero attached hydrogens (tertiary/aromatic N) is 3. The van der Waals surface area contributed by atoms with Crippen LogP contribution in [0.3, 0.4) is 0 Å². The van der Waals surface area contributed by atoms with Crippen LogP contribution in [0.5, 0.6) is 5.75 Å². The van der Waals surface area contributed by atoms with Gasteiger partial charge in [-0.1, -0.05) is 26.0 Å². The lowest BCUT2D eigenvalue weighted by Crippen LogP contribution is -2.38. The highest BCUT2D eigenvalue weighted by atomic mass is 16.6. The number of methoxy groups -OCH3 is 1. The number of hydrogen-bond donors (Lipinski definition) is 1. The lowest BCUT2D eigenvalue weighted by molar-refractivity contribution is -0.384. The molecule has 0 aromatic heterocycles. The Morgan fingerprint density at radius 1 is 1.15 bits per heavy atom. The monoisotopic (exact) mass is 453 g/mol. The third-order valence-electron chi connectivity index (χ3n) is 5.85. The predicted molar refractivity (Wildman–Crippen MR) is 123 cm³/mol. The molecule has 1 saturated heterocycles. The summed E-state index contributed by atoms with van der Waals surface area (Å²) in [7, 11) is 1.51. The summed E-state index contributed by atoms with van der Waals surface area (Å²) < 4.78 is 5.14. The van der Waals surface area contributed by atoms with Crippen LogP contribution in [0.4, 0.5) is 5.69 Å². The van der Waals surface area contributed by atoms with Gasteiger partial charge < -0.3 is 19.6 Å². The summed E-state index contributed by atoms with van der Waals surface area (Å²) in [5.41, 5.74) is 0.475. The number of carbonyl (C=O) groups is 2. The van der Waals surface area contributed by atoms with E-state index < -0.39 is 22.7 Å². The summed E-state index contributed by atoms with van der Waals surface area (Å²) in [5.74, 6) is -1.33. The summed E-state index contributed by atoms with van der Waals surface area (Å²) in [6, 6.07) is 11.3. The van der Waals surface area contributed by atoms with Crippen molar-refractivity contribution in [3.63, 3.8) is 0 Å². The van der Waals surface area contributed by atoms with Crippen molar-refractivity contribution in [2.45, 2.75) is 19.9 Å². The number of carbonyl (C=O) groups excluding carboxylic acids is 2. The van der Waals surface area contributed by atoms with Crippen molar-refractivity contribution in [1.82, 2.24) is 9.80 Å². The first kappa shape index (κ1) is 23.9. The van der Waals surface area contributed by atoms with Gasteiger partial charge in [0.1, 0.15) is 11.5 Å². The zero-order valence-corrected chi connectivity index (χ0v) is 18.9. The van der Waals surface area contributed by atoms with E-state index in [1.54, 1.807) is 30.3 Å². The van der Waals surface area contributed by atoms with Gasteiger partial charge in [0.05, 0.1) is 23.6 Å². The van der Waals surface area contributed by atoms with Gasteiger partial charge in [-0.3, -0.25) is 19.7 Å². The number of ether oxygens (including phenoxy) is 1. The van der Waals surface area contributed by atoms with Crippen LogP contribution in [0, 0.1) is 10.1 Å². The van der Waals surface area contributed by atoms with Crippen molar-refractivity contribution in [2.75, 3.05) is 33.3 Å². The van der Waals surface area contributed by atoms with E-state index in [-0.39, 0.29) is 23.6 Å². The summed E-state index contributed by atoms with van der Waals surface area (Å²) >= 11 is 0. The number of aliphatic hydroxyl groups is 1. The molecule has 1 heterocycles. The summed E-state index contributed by atoms with van der Waals surface area (Å²) in [6.07, 6.45) is 0. The molecule has 0 spiro atoms. The first-order valence-corrected chi connectivity index (χ1v) is 10.7. The molecule has 0 bridgehead atoms. The standard InChI is InChI=1S/C24H27N3O6/c1-4-25(5-2)13-14-26-21(17-7-6-8-18(15-17)27(31)32)20(23(29)24(26)30)22(28)16-9-11-19(33-3)12-10-16/h6-12,15,21,28H,4-5,13-14H2,1-3H3/b22-20+/t21-/m0/s1. The van der Waals surface area contributed by atoms with E-state index in [1.807, 2.05) is 13.8 Å². The molecule has 3 rings (SSSR count). The number of rotatable bonds is 9. The van der Waals surface area contributed by atoms with Crippen molar-refractivity contribution >= 4 is 23.1 Å². The number of likely N-dealkylation sites (tertiary alicyclic amines) is 1. The van der Waals surface area contributed by atoms with E-state index in [4.69, 9.17) is 4.74 Å². The second-order valence-electron chi connectivity index (χ2n) is 7.60. The topological polar surface area (TPSA) is 113 Å². The number of Topliss-reactive ketones (excluding diaryl/α,β-unsaturated/α-hetero) is 1. The molecule has 1 N–H and O–H groups in total. The van der Waals surface area contributed by atoms with Crippen LogP contribution < -0.4 is 4.74 Å². The number of hydrogen-bond acceptors (Lipinski definition) is 7. The van der Waals surface area contributed by atoms with E-state index in [1.165, 1.54) is 30.2 Å². The van der Waals surface area contributed by atoms with Crippen LogP contribution >= 0.6 is 0 Å². The molecule has 9 heteroatoms. The Balaban J connectivity index is 2.13. The molecule has 174 valence electrons. The minimum Gasteiger partial charge on any atom is -0.507 e. The van der Waals surface area contributed by atoms with Crippen molar-refractivity contribution in [3.8, 4) is 5.75 Å². The Kier molecular flexibility index (Phi) is 7.44. The van der Waals surface area contributed by atoms with Gasteiger partial charge in [0.15, 0.2) is 0 Å². The maximum Gasteiger partial charge on any atom is 0.295 e. The Morgan fingerprint density at radius 3 is 2.39 bits per heavy atom. The number of nitro benzene ring substituents is 1. The van der Waals surface area contributed by atoms with Gasteiger partial charge in [-0.2, -0.15) is 0 Å². The normalized spacial score (nSPS) is 17.6. The predicted octanol–water partition coefficient (Wildman–Crippen LogP) is 3.37. The van der Waals surface area contributed by atoms with E-state index in [9.17, 15) is 24.8 Å². The van der Waals surface area contributed by atoms with E-state index in [0.717, 1.165) is 13.1 Å². The molecule has 9 nitrogen and oxygen atoms in total. The average molecular weight is 453 g/mol. The maximum atomic E-state index is 13.1. The summed E-state index contributed by atoms with van der Waals surface area (Å²) in [4.78, 5) is 40.4. The van der Waals surface area contributed by atoms with Crippen molar-refractivity contribution < 1.29 is 24.4 Å². The molecule has 0 saturated carbocycles. The molecular weight excluding hydrogens is 426 g/mol. The Labute approximate surface area is 192 Å². The van der Waals surface area contributed by atoms with Gasteiger partial charge in [-0.05, 0) is 42.9 Å². The molecule has 0 radical (unpaired) electrons. The number of benzene rings is 2. The SMILES string of the molecule is CCN(CC)CCN1C(=O)C(=O)/C(=C(/O)c2ccc(OC)cc2)[C@@H]1c1cccc([N+](=O)[O-])c1. The highest BCUT2D eigenvalue weighted by Crippen LogP contribution is 2.40. The second kappa shape index (κ2) is 10.3. The van der Waals surface area contributed by atoms with E-state index in [2.05, 4.69) is 4.90 Å². The molecule has 0 aliphatic carbocycles. The molecule has 1 atom stereocenters. The number of aliphatic hydroxyl groups excluding tert-OH is 1. The number of non-ortho nitro benzene ring substituents is 1. The van der Waals surface area contributed by atoms with Gasteiger partial charge in [0, 0.05) is 30.8 Å². The molecule has 0 unspecified atom stereocenters. The van der Waals surface area contributed by atoms with Crippen molar-refractivity contribution in [2.24, 2.45) is 0 Å². The average Bonchev–Trinajstić information content (AvgIpc) is 3.09. The number of likely N-dealkylation sites (N-methyl/N-ethyl adjacent to an activating group) is 1. The highest BCUT2D eigenvalue weighted by molar-refractivity contribution is 6.46. The highest BCUT2D eigenvalue weighted by Gasteiger charge is 2.46. The van der Waals surface area contributed by atoms with Gasteiger partial charge in [0.2, 0.25) is 0 Å². The number of nitro groups is 1. The van der Waals surface area contributed by atoms with Gasteiger partial charge in [-0.15, -0.1) is 0 Å². The minimum absolute atomic E-state index is 0.0924. The Hall–Kier alpha value is -3.72. The molecule has 1 amide bonds. The quantitative estimate of drug-likeness (QED) is 0.204. The third-order valence-corrected chi connectivity index (χ3v) is 5.85. The van der Waals surface area contributed by atoms with Crippen LogP contribution in [0.1, 0.15) is 31.0 Å². The van der Waals surface area contributed by atoms with Crippen molar-refractivity contribution in [3.05, 3.63) is 75.3 Å². The first-order chi connectivity index (χ1) is 15.8. The zero-order chi connectivity index (χ0) is 24.1. The van der Waals surface area contributed by atoms with E-state index >= 15 is 0 Å². The van der Waals surface area contributed by atoms with Crippen LogP contribution in [0.25, 0.3) is 5.76 Å². The molecular formula is C24H27N3O6. The molecule has 2 aromatic carbocycles. The molecule has 33 heavy (non-hydrogen) atoms. The Morgan fingerprint density at radius 2 is 1.82 bits per heavy atom. The fraction of sp³-hybridized carbons (Fsp3) is 0.333. The first-order valence-electron chi connectivity index (χ1n) is 10.7. The fourth-order valence-electron chi connectivity index (χ4n) is 3.96.